The van der Waals surface area contributed by atoms with E-state index in [0.717, 1.165) is 0 Å². The second kappa shape index (κ2) is 6.89. The van der Waals surface area contributed by atoms with E-state index in [1.54, 1.807) is 23.1 Å². The van der Waals surface area contributed by atoms with E-state index in [4.69, 9.17) is 17.3 Å². The number of carbonyl (C=O) groups excluding carboxylic acids is 1. The molecule has 0 aromatic heterocycles. The summed E-state index contributed by atoms with van der Waals surface area (Å²) in [5.74, 6) is -0.143. The number of piperidine rings is 1. The molecule has 1 aliphatic rings. The fourth-order valence-electron chi connectivity index (χ4n) is 3.19. The highest BCUT2D eigenvalue weighted by Gasteiger charge is 2.36. The highest BCUT2D eigenvalue weighted by Crippen LogP contribution is 2.27. The molecule has 1 fully saturated rings. The van der Waals surface area contributed by atoms with Gasteiger partial charge >= 0.3 is 6.09 Å². The van der Waals surface area contributed by atoms with Crippen molar-refractivity contribution >= 4 is 29.3 Å². The molecule has 0 spiro atoms. The third kappa shape index (κ3) is 3.93. The maximum Gasteiger partial charge on any atom is 0.407 e. The lowest BCUT2D eigenvalue weighted by Gasteiger charge is -2.43. The molecule has 0 bridgehead atoms. The SMILES string of the molecule is CC(C)(C)N(C(=O)O)C1CCN(C(=O)c2ccc(N)cc2Cl)CC1. The van der Waals surface area contributed by atoms with Gasteiger partial charge in [0.2, 0.25) is 0 Å². The van der Waals surface area contributed by atoms with E-state index in [1.165, 1.54) is 4.90 Å². The monoisotopic (exact) mass is 353 g/mol. The lowest BCUT2D eigenvalue weighted by molar-refractivity contribution is 0.0384. The van der Waals surface area contributed by atoms with E-state index >= 15 is 0 Å². The van der Waals surface area contributed by atoms with Crippen molar-refractivity contribution in [3.8, 4) is 0 Å². The fourth-order valence-corrected chi connectivity index (χ4v) is 3.46. The number of nitrogen functional groups attached to an aromatic ring is 1. The molecule has 0 radical (unpaired) electrons. The molecule has 2 rings (SSSR count). The number of hydrogen-bond acceptors (Lipinski definition) is 3. The van der Waals surface area contributed by atoms with Crippen LogP contribution in [0.15, 0.2) is 18.2 Å². The van der Waals surface area contributed by atoms with Crippen LogP contribution in [0, 0.1) is 0 Å². The van der Waals surface area contributed by atoms with Gasteiger partial charge in [0, 0.05) is 30.4 Å². The Kier molecular flexibility index (Phi) is 5.28. The maximum atomic E-state index is 12.6. The number of hydrogen-bond donors (Lipinski definition) is 2. The molecular formula is C17H24ClN3O3. The van der Waals surface area contributed by atoms with Gasteiger partial charge in [0.1, 0.15) is 0 Å². The number of carbonyl (C=O) groups is 2. The zero-order valence-electron chi connectivity index (χ0n) is 14.3. The average Bonchev–Trinajstić information content (AvgIpc) is 2.45. The van der Waals surface area contributed by atoms with Crippen LogP contribution >= 0.6 is 11.6 Å². The first-order chi connectivity index (χ1) is 11.1. The molecule has 0 aliphatic carbocycles. The molecule has 2 amide bonds. The molecule has 6 nitrogen and oxygen atoms in total. The Morgan fingerprint density at radius 1 is 1.29 bits per heavy atom. The molecule has 0 saturated carbocycles. The van der Waals surface area contributed by atoms with Crippen LogP contribution in [-0.4, -0.2) is 51.6 Å². The number of amides is 2. The van der Waals surface area contributed by atoms with Crippen molar-refractivity contribution in [2.24, 2.45) is 0 Å². The highest BCUT2D eigenvalue weighted by molar-refractivity contribution is 6.34. The second-order valence-electron chi connectivity index (χ2n) is 7.09. The van der Waals surface area contributed by atoms with Gasteiger partial charge in [0.25, 0.3) is 5.91 Å². The largest absolute Gasteiger partial charge is 0.465 e. The molecule has 0 unspecified atom stereocenters. The van der Waals surface area contributed by atoms with Crippen LogP contribution in [0.1, 0.15) is 44.0 Å². The van der Waals surface area contributed by atoms with Crippen LogP contribution < -0.4 is 5.73 Å². The van der Waals surface area contributed by atoms with Gasteiger partial charge in [-0.3, -0.25) is 4.79 Å². The zero-order chi connectivity index (χ0) is 18.1. The van der Waals surface area contributed by atoms with E-state index < -0.39 is 11.6 Å². The molecule has 1 saturated heterocycles. The van der Waals surface area contributed by atoms with Crippen molar-refractivity contribution < 1.29 is 14.7 Å². The summed E-state index contributed by atoms with van der Waals surface area (Å²) in [5.41, 5.74) is 6.12. The van der Waals surface area contributed by atoms with Gasteiger partial charge in [-0.25, -0.2) is 4.79 Å². The Morgan fingerprint density at radius 3 is 2.33 bits per heavy atom. The number of nitrogens with two attached hydrogens (primary N) is 1. The molecule has 0 atom stereocenters. The number of carboxylic acid groups (broad SMARTS) is 1. The third-order valence-corrected chi connectivity index (χ3v) is 4.58. The average molecular weight is 354 g/mol. The Labute approximate surface area is 147 Å². The van der Waals surface area contributed by atoms with Crippen LogP contribution in [0.25, 0.3) is 0 Å². The standard InChI is InChI=1S/C17H24ClN3O3/c1-17(2,3)21(16(23)24)12-6-8-20(9-7-12)15(22)13-5-4-11(19)10-14(13)18/h4-5,10,12H,6-9,19H2,1-3H3,(H,23,24). The summed E-state index contributed by atoms with van der Waals surface area (Å²) in [7, 11) is 0. The van der Waals surface area contributed by atoms with Gasteiger partial charge < -0.3 is 20.6 Å². The molecule has 1 heterocycles. The van der Waals surface area contributed by atoms with Crippen molar-refractivity contribution in [3.05, 3.63) is 28.8 Å². The molecule has 3 N–H and O–H groups in total. The summed E-state index contributed by atoms with van der Waals surface area (Å²) < 4.78 is 0. The summed E-state index contributed by atoms with van der Waals surface area (Å²) >= 11 is 6.11. The summed E-state index contributed by atoms with van der Waals surface area (Å²) in [4.78, 5) is 27.4. The Morgan fingerprint density at radius 2 is 1.88 bits per heavy atom. The van der Waals surface area contributed by atoms with Crippen molar-refractivity contribution in [2.45, 2.75) is 45.2 Å². The minimum Gasteiger partial charge on any atom is -0.465 e. The normalized spacial score (nSPS) is 16.1. The molecular weight excluding hydrogens is 330 g/mol. The lowest BCUT2D eigenvalue weighted by atomic mass is 9.96. The predicted octanol–water partition coefficient (Wildman–Crippen LogP) is 3.31. The van der Waals surface area contributed by atoms with Crippen LogP contribution in [0.5, 0.6) is 0 Å². The zero-order valence-corrected chi connectivity index (χ0v) is 15.0. The predicted molar refractivity (Wildman–Crippen MR) is 94.4 cm³/mol. The smallest absolute Gasteiger partial charge is 0.407 e. The Bertz CT molecular complexity index is 634. The molecule has 24 heavy (non-hydrogen) atoms. The first-order valence-electron chi connectivity index (χ1n) is 7.98. The van der Waals surface area contributed by atoms with Gasteiger partial charge in [0.15, 0.2) is 0 Å². The number of benzene rings is 1. The van der Waals surface area contributed by atoms with Gasteiger partial charge in [-0.15, -0.1) is 0 Å². The van der Waals surface area contributed by atoms with Crippen LogP contribution in [0.2, 0.25) is 5.02 Å². The second-order valence-corrected chi connectivity index (χ2v) is 7.49. The molecule has 1 aliphatic heterocycles. The molecule has 1 aromatic rings. The van der Waals surface area contributed by atoms with E-state index in [2.05, 4.69) is 0 Å². The van der Waals surface area contributed by atoms with Gasteiger partial charge in [-0.1, -0.05) is 11.6 Å². The van der Waals surface area contributed by atoms with E-state index in [1.807, 2.05) is 20.8 Å². The summed E-state index contributed by atoms with van der Waals surface area (Å²) in [6.45, 7) is 6.65. The fraction of sp³-hybridized carbons (Fsp3) is 0.529. The number of likely N-dealkylation sites (tertiary alicyclic amines) is 1. The van der Waals surface area contributed by atoms with Crippen LogP contribution in [-0.2, 0) is 0 Å². The number of halogens is 1. The van der Waals surface area contributed by atoms with Crippen LogP contribution in [0.3, 0.4) is 0 Å². The first kappa shape index (κ1) is 18.4. The topological polar surface area (TPSA) is 86.9 Å². The Hall–Kier alpha value is -1.95. The van der Waals surface area contributed by atoms with Crippen molar-refractivity contribution in [1.82, 2.24) is 9.80 Å². The Balaban J connectivity index is 2.07. The molecule has 7 heteroatoms. The van der Waals surface area contributed by atoms with Crippen LogP contribution in [0.4, 0.5) is 10.5 Å². The minimum absolute atomic E-state index is 0.0894. The van der Waals surface area contributed by atoms with Gasteiger partial charge in [-0.2, -0.15) is 0 Å². The van der Waals surface area contributed by atoms with Crippen molar-refractivity contribution in [3.63, 3.8) is 0 Å². The summed E-state index contributed by atoms with van der Waals surface area (Å²) in [6.07, 6.45) is 0.304. The maximum absolute atomic E-state index is 12.6. The summed E-state index contributed by atoms with van der Waals surface area (Å²) in [6, 6.07) is 4.75. The minimum atomic E-state index is -0.922. The summed E-state index contributed by atoms with van der Waals surface area (Å²) in [5, 5.41) is 9.83. The van der Waals surface area contributed by atoms with Crippen molar-refractivity contribution in [2.75, 3.05) is 18.8 Å². The van der Waals surface area contributed by atoms with Gasteiger partial charge in [0.05, 0.1) is 10.6 Å². The quantitative estimate of drug-likeness (QED) is 0.798. The highest BCUT2D eigenvalue weighted by atomic mass is 35.5. The van der Waals surface area contributed by atoms with E-state index in [9.17, 15) is 14.7 Å². The van der Waals surface area contributed by atoms with E-state index in [0.29, 0.717) is 42.2 Å². The molecule has 1 aromatic carbocycles. The van der Waals surface area contributed by atoms with E-state index in [-0.39, 0.29) is 11.9 Å². The molecule has 132 valence electrons. The number of nitrogens with zero attached hydrogens (tertiary/aromatic N) is 2. The first-order valence-corrected chi connectivity index (χ1v) is 8.35. The number of anilines is 1. The lowest BCUT2D eigenvalue weighted by Crippen LogP contribution is -2.55. The number of rotatable bonds is 2. The van der Waals surface area contributed by atoms with Crippen molar-refractivity contribution in [1.29, 1.82) is 0 Å². The van der Waals surface area contributed by atoms with Gasteiger partial charge in [-0.05, 0) is 51.8 Å². The third-order valence-electron chi connectivity index (χ3n) is 4.27.